The zero-order valence-electron chi connectivity index (χ0n) is 6.91. The molecule has 1 aromatic heterocycles. The Labute approximate surface area is 74.5 Å². The highest BCUT2D eigenvalue weighted by atomic mass is 19.3. The number of aromatic nitrogens is 1. The molecule has 0 atom stereocenters. The van der Waals surface area contributed by atoms with E-state index < -0.39 is 13.0 Å². The van der Waals surface area contributed by atoms with E-state index in [0.29, 0.717) is 5.69 Å². The van der Waals surface area contributed by atoms with Gasteiger partial charge in [-0.05, 0) is 6.07 Å². The summed E-state index contributed by atoms with van der Waals surface area (Å²) in [5.74, 6) is 0.184. The Morgan fingerprint density at radius 1 is 1.46 bits per heavy atom. The molecule has 0 radical (unpaired) electrons. The van der Waals surface area contributed by atoms with Crippen LogP contribution in [0.1, 0.15) is 5.69 Å². The Morgan fingerprint density at radius 3 is 2.85 bits per heavy atom. The van der Waals surface area contributed by atoms with Crippen molar-refractivity contribution in [3.8, 4) is 5.88 Å². The number of pyridine rings is 1. The molecule has 0 aromatic carbocycles. The molecule has 0 bridgehead atoms. The molecular weight excluding hydrogens is 178 g/mol. The van der Waals surface area contributed by atoms with Gasteiger partial charge < -0.3 is 10.5 Å². The highest BCUT2D eigenvalue weighted by Crippen LogP contribution is 2.08. The van der Waals surface area contributed by atoms with Gasteiger partial charge in [-0.1, -0.05) is 6.07 Å². The second-order valence-corrected chi connectivity index (χ2v) is 2.37. The van der Waals surface area contributed by atoms with E-state index in [1.807, 2.05) is 0 Å². The Kier molecular flexibility index (Phi) is 3.57. The minimum Gasteiger partial charge on any atom is -0.472 e. The van der Waals surface area contributed by atoms with Gasteiger partial charge in [0, 0.05) is 12.6 Å². The van der Waals surface area contributed by atoms with Gasteiger partial charge in [0.2, 0.25) is 5.88 Å². The SMILES string of the molecule is NCc1cccc(OCC(F)F)n1. The Hall–Kier alpha value is -1.23. The van der Waals surface area contributed by atoms with Gasteiger partial charge in [-0.25, -0.2) is 13.8 Å². The molecule has 1 rings (SSSR count). The smallest absolute Gasteiger partial charge is 0.272 e. The average Bonchev–Trinajstić information content (AvgIpc) is 2.15. The summed E-state index contributed by atoms with van der Waals surface area (Å²) in [7, 11) is 0. The Balaban J connectivity index is 2.56. The van der Waals surface area contributed by atoms with Crippen LogP contribution < -0.4 is 10.5 Å². The third-order valence-corrected chi connectivity index (χ3v) is 1.35. The number of hydrogen-bond acceptors (Lipinski definition) is 3. The first-order chi connectivity index (χ1) is 6.22. The van der Waals surface area contributed by atoms with Crippen molar-refractivity contribution in [3.63, 3.8) is 0 Å². The van der Waals surface area contributed by atoms with E-state index in [9.17, 15) is 8.78 Å². The van der Waals surface area contributed by atoms with Crippen molar-refractivity contribution in [2.75, 3.05) is 6.61 Å². The lowest BCUT2D eigenvalue weighted by Crippen LogP contribution is -2.09. The van der Waals surface area contributed by atoms with Crippen molar-refractivity contribution in [2.45, 2.75) is 13.0 Å². The molecule has 0 fully saturated rings. The van der Waals surface area contributed by atoms with E-state index in [-0.39, 0.29) is 12.4 Å². The maximum absolute atomic E-state index is 11.7. The standard InChI is InChI=1S/C8H10F2N2O/c9-7(10)5-13-8-3-1-2-6(4-11)12-8/h1-3,7H,4-5,11H2. The quantitative estimate of drug-likeness (QED) is 0.771. The fraction of sp³-hybridized carbons (Fsp3) is 0.375. The second kappa shape index (κ2) is 4.71. The normalized spacial score (nSPS) is 10.5. The molecule has 5 heteroatoms. The van der Waals surface area contributed by atoms with E-state index in [4.69, 9.17) is 10.5 Å². The van der Waals surface area contributed by atoms with Gasteiger partial charge in [-0.2, -0.15) is 0 Å². The molecule has 13 heavy (non-hydrogen) atoms. The monoisotopic (exact) mass is 188 g/mol. The van der Waals surface area contributed by atoms with Crippen LogP contribution in [0.25, 0.3) is 0 Å². The first-order valence-corrected chi connectivity index (χ1v) is 3.79. The molecule has 0 unspecified atom stereocenters. The molecule has 0 spiro atoms. The number of hydrogen-bond donors (Lipinski definition) is 1. The van der Waals surface area contributed by atoms with Crippen LogP contribution in [0.5, 0.6) is 5.88 Å². The molecule has 0 aliphatic heterocycles. The summed E-state index contributed by atoms with van der Waals surface area (Å²) in [6.45, 7) is -0.368. The second-order valence-electron chi connectivity index (χ2n) is 2.37. The predicted molar refractivity (Wildman–Crippen MR) is 43.6 cm³/mol. The first-order valence-electron chi connectivity index (χ1n) is 3.79. The predicted octanol–water partition coefficient (Wildman–Crippen LogP) is 1.18. The van der Waals surface area contributed by atoms with E-state index in [1.54, 1.807) is 12.1 Å². The van der Waals surface area contributed by atoms with Crippen molar-refractivity contribution >= 4 is 0 Å². The molecule has 0 saturated heterocycles. The number of alkyl halides is 2. The van der Waals surface area contributed by atoms with Crippen LogP contribution in [0.2, 0.25) is 0 Å². The van der Waals surface area contributed by atoms with E-state index in [2.05, 4.69) is 4.98 Å². The van der Waals surface area contributed by atoms with Crippen molar-refractivity contribution in [1.82, 2.24) is 4.98 Å². The third kappa shape index (κ3) is 3.33. The van der Waals surface area contributed by atoms with E-state index in [0.717, 1.165) is 0 Å². The summed E-state index contributed by atoms with van der Waals surface area (Å²) in [5.41, 5.74) is 5.93. The lowest BCUT2D eigenvalue weighted by Gasteiger charge is -2.04. The number of ether oxygens (including phenoxy) is 1. The van der Waals surface area contributed by atoms with Crippen LogP contribution in [-0.4, -0.2) is 18.0 Å². The van der Waals surface area contributed by atoms with Crippen LogP contribution >= 0.6 is 0 Å². The Bertz CT molecular complexity index is 268. The molecule has 0 amide bonds. The summed E-state index contributed by atoms with van der Waals surface area (Å²) < 4.78 is 28.1. The van der Waals surface area contributed by atoms with Crippen molar-refractivity contribution in [1.29, 1.82) is 0 Å². The number of halogens is 2. The van der Waals surface area contributed by atoms with Crippen LogP contribution in [0.4, 0.5) is 8.78 Å². The Morgan fingerprint density at radius 2 is 2.23 bits per heavy atom. The molecule has 1 aromatic rings. The van der Waals surface area contributed by atoms with E-state index >= 15 is 0 Å². The summed E-state index contributed by atoms with van der Waals surface area (Å²) in [6.07, 6.45) is -2.48. The minimum absolute atomic E-state index is 0.184. The van der Waals surface area contributed by atoms with Crippen LogP contribution in [0.15, 0.2) is 18.2 Å². The molecule has 0 saturated carbocycles. The molecule has 0 aliphatic carbocycles. The van der Waals surface area contributed by atoms with Gasteiger partial charge in [-0.15, -0.1) is 0 Å². The largest absolute Gasteiger partial charge is 0.472 e. The average molecular weight is 188 g/mol. The zero-order chi connectivity index (χ0) is 9.68. The van der Waals surface area contributed by atoms with E-state index in [1.165, 1.54) is 6.07 Å². The van der Waals surface area contributed by atoms with Gasteiger partial charge in [0.25, 0.3) is 6.43 Å². The highest BCUT2D eigenvalue weighted by Gasteiger charge is 2.04. The number of nitrogens with two attached hydrogens (primary N) is 1. The molecule has 3 nitrogen and oxygen atoms in total. The summed E-state index contributed by atoms with van der Waals surface area (Å²) in [6, 6.07) is 4.88. The summed E-state index contributed by atoms with van der Waals surface area (Å²) >= 11 is 0. The molecule has 0 aliphatic rings. The van der Waals surface area contributed by atoms with Crippen LogP contribution in [-0.2, 0) is 6.54 Å². The summed E-state index contributed by atoms with van der Waals surface area (Å²) in [5, 5.41) is 0. The van der Waals surface area contributed by atoms with Crippen LogP contribution in [0, 0.1) is 0 Å². The fourth-order valence-electron chi connectivity index (χ4n) is 0.800. The lowest BCUT2D eigenvalue weighted by atomic mass is 10.3. The number of nitrogens with zero attached hydrogens (tertiary/aromatic N) is 1. The van der Waals surface area contributed by atoms with Gasteiger partial charge in [0.1, 0.15) is 0 Å². The summed E-state index contributed by atoms with van der Waals surface area (Å²) in [4.78, 5) is 3.88. The zero-order valence-corrected chi connectivity index (χ0v) is 6.91. The van der Waals surface area contributed by atoms with Gasteiger partial charge in [-0.3, -0.25) is 0 Å². The fourth-order valence-corrected chi connectivity index (χ4v) is 0.800. The van der Waals surface area contributed by atoms with Gasteiger partial charge in [0.05, 0.1) is 5.69 Å². The maximum atomic E-state index is 11.7. The highest BCUT2D eigenvalue weighted by molar-refractivity contribution is 5.15. The molecule has 1 heterocycles. The third-order valence-electron chi connectivity index (χ3n) is 1.35. The van der Waals surface area contributed by atoms with Gasteiger partial charge >= 0.3 is 0 Å². The number of rotatable bonds is 4. The van der Waals surface area contributed by atoms with Crippen molar-refractivity contribution in [3.05, 3.63) is 23.9 Å². The van der Waals surface area contributed by atoms with Crippen molar-refractivity contribution < 1.29 is 13.5 Å². The lowest BCUT2D eigenvalue weighted by molar-refractivity contribution is 0.0795. The molecule has 72 valence electrons. The minimum atomic E-state index is -2.48. The molecular formula is C8H10F2N2O. The first kappa shape index (κ1) is 9.85. The van der Waals surface area contributed by atoms with Gasteiger partial charge in [0.15, 0.2) is 6.61 Å². The van der Waals surface area contributed by atoms with Crippen LogP contribution in [0.3, 0.4) is 0 Å². The topological polar surface area (TPSA) is 48.1 Å². The molecule has 2 N–H and O–H groups in total. The maximum Gasteiger partial charge on any atom is 0.272 e. The van der Waals surface area contributed by atoms with Crippen molar-refractivity contribution in [2.24, 2.45) is 5.73 Å².